The van der Waals surface area contributed by atoms with Gasteiger partial charge in [0.2, 0.25) is 0 Å². The molecule has 0 aliphatic carbocycles. The molecular weight excluding hydrogens is 150 g/mol. The van der Waals surface area contributed by atoms with Gasteiger partial charge in [0.15, 0.2) is 0 Å². The molecule has 0 unspecified atom stereocenters. The van der Waals surface area contributed by atoms with Crippen LogP contribution in [-0.2, 0) is 0 Å². The van der Waals surface area contributed by atoms with E-state index < -0.39 is 0 Å². The van der Waals surface area contributed by atoms with Crippen molar-refractivity contribution in [1.29, 1.82) is 0 Å². The molecule has 0 saturated heterocycles. The van der Waals surface area contributed by atoms with Crippen LogP contribution in [0.2, 0.25) is 0 Å². The Bertz CT molecular complexity index is 296. The summed E-state index contributed by atoms with van der Waals surface area (Å²) in [5, 5.41) is 0. The fraction of sp³-hybridized carbons (Fsp3) is 0.400. The Balaban J connectivity index is 2.46. The molecule has 0 aromatic heterocycles. The number of fused-ring (bicyclic) bond motifs is 1. The number of benzene rings is 1. The van der Waals surface area contributed by atoms with Gasteiger partial charge in [0.25, 0.3) is 0 Å². The maximum Gasteiger partial charge on any atom is 0.124 e. The summed E-state index contributed by atoms with van der Waals surface area (Å²) >= 11 is 0. The van der Waals surface area contributed by atoms with E-state index in [1.54, 1.807) is 0 Å². The Morgan fingerprint density at radius 3 is 3.17 bits per heavy atom. The average Bonchev–Trinajstić information content (AvgIpc) is 2.04. The maximum absolute atomic E-state index is 5.92. The van der Waals surface area contributed by atoms with Crippen LogP contribution in [0.15, 0.2) is 18.2 Å². The van der Waals surface area contributed by atoms with Crippen LogP contribution < -0.4 is 10.5 Å². The summed E-state index contributed by atoms with van der Waals surface area (Å²) in [6.07, 6.45) is 0.927. The van der Waals surface area contributed by atoms with E-state index in [1.807, 2.05) is 6.07 Å². The molecule has 2 rings (SSSR count). The normalized spacial score (nSPS) is 21.3. The fourth-order valence-electron chi connectivity index (χ4n) is 1.52. The summed E-state index contributed by atoms with van der Waals surface area (Å²) in [5.41, 5.74) is 8.29. The smallest absolute Gasteiger partial charge is 0.124 e. The lowest BCUT2D eigenvalue weighted by Crippen LogP contribution is -2.20. The number of nitrogens with two attached hydrogens (primary N) is 1. The topological polar surface area (TPSA) is 35.2 Å². The second kappa shape index (κ2) is 2.79. The minimum atomic E-state index is 0.161. The van der Waals surface area contributed by atoms with Crippen LogP contribution in [0, 0.1) is 6.92 Å². The van der Waals surface area contributed by atoms with Crippen LogP contribution in [0.3, 0.4) is 0 Å². The van der Waals surface area contributed by atoms with E-state index in [0.29, 0.717) is 0 Å². The zero-order valence-electron chi connectivity index (χ0n) is 7.21. The summed E-state index contributed by atoms with van der Waals surface area (Å²) in [4.78, 5) is 0. The van der Waals surface area contributed by atoms with E-state index in [2.05, 4.69) is 19.1 Å². The Morgan fingerprint density at radius 1 is 1.50 bits per heavy atom. The standard InChI is InChI=1S/C10H13NO/c1-7-2-3-8-9(11)4-5-12-10(8)6-7/h2-3,6,9H,4-5,11H2,1H3/t9-/m0/s1. The van der Waals surface area contributed by atoms with Crippen molar-refractivity contribution in [3.63, 3.8) is 0 Å². The van der Waals surface area contributed by atoms with Crippen LogP contribution in [0.25, 0.3) is 0 Å². The van der Waals surface area contributed by atoms with Crippen LogP contribution in [0.5, 0.6) is 5.75 Å². The molecule has 1 aliphatic rings. The molecule has 1 aromatic rings. The quantitative estimate of drug-likeness (QED) is 0.632. The highest BCUT2D eigenvalue weighted by molar-refractivity contribution is 5.40. The molecule has 1 atom stereocenters. The largest absolute Gasteiger partial charge is 0.493 e. The Morgan fingerprint density at radius 2 is 2.33 bits per heavy atom. The molecule has 12 heavy (non-hydrogen) atoms. The van der Waals surface area contributed by atoms with Gasteiger partial charge in [-0.1, -0.05) is 12.1 Å². The Labute approximate surface area is 72.3 Å². The summed E-state index contributed by atoms with van der Waals surface area (Å²) in [7, 11) is 0. The van der Waals surface area contributed by atoms with Crippen LogP contribution >= 0.6 is 0 Å². The van der Waals surface area contributed by atoms with Gasteiger partial charge in [0.1, 0.15) is 5.75 Å². The van der Waals surface area contributed by atoms with Crippen molar-refractivity contribution in [1.82, 2.24) is 0 Å². The van der Waals surface area contributed by atoms with Gasteiger partial charge in [-0.15, -0.1) is 0 Å². The molecule has 0 radical (unpaired) electrons. The van der Waals surface area contributed by atoms with Gasteiger partial charge in [0, 0.05) is 18.0 Å². The lowest BCUT2D eigenvalue weighted by atomic mass is 10.0. The first-order chi connectivity index (χ1) is 5.77. The van der Waals surface area contributed by atoms with E-state index in [0.717, 1.165) is 24.3 Å². The van der Waals surface area contributed by atoms with Crippen LogP contribution in [0.4, 0.5) is 0 Å². The minimum Gasteiger partial charge on any atom is -0.493 e. The van der Waals surface area contributed by atoms with Gasteiger partial charge in [0.05, 0.1) is 6.61 Å². The molecule has 1 heterocycles. The monoisotopic (exact) mass is 163 g/mol. The SMILES string of the molecule is Cc1ccc2c(c1)OCC[C@@H]2N. The molecular formula is C10H13NO. The van der Waals surface area contributed by atoms with E-state index in [4.69, 9.17) is 10.5 Å². The summed E-state index contributed by atoms with van der Waals surface area (Å²) in [5.74, 6) is 0.966. The van der Waals surface area contributed by atoms with Crippen molar-refractivity contribution in [3.05, 3.63) is 29.3 Å². The minimum absolute atomic E-state index is 0.161. The molecule has 64 valence electrons. The van der Waals surface area contributed by atoms with E-state index in [9.17, 15) is 0 Å². The number of aryl methyl sites for hydroxylation is 1. The lowest BCUT2D eigenvalue weighted by Gasteiger charge is -2.22. The van der Waals surface area contributed by atoms with Crippen molar-refractivity contribution in [3.8, 4) is 5.75 Å². The first-order valence-electron chi connectivity index (χ1n) is 4.26. The van der Waals surface area contributed by atoms with Crippen molar-refractivity contribution >= 4 is 0 Å². The van der Waals surface area contributed by atoms with Gasteiger partial charge < -0.3 is 10.5 Å². The first-order valence-corrected chi connectivity index (χ1v) is 4.26. The molecule has 2 nitrogen and oxygen atoms in total. The molecule has 2 N–H and O–H groups in total. The summed E-state index contributed by atoms with van der Waals surface area (Å²) in [6, 6.07) is 6.35. The highest BCUT2D eigenvalue weighted by Gasteiger charge is 2.16. The zero-order chi connectivity index (χ0) is 8.55. The lowest BCUT2D eigenvalue weighted by molar-refractivity contribution is 0.269. The van der Waals surface area contributed by atoms with E-state index in [1.165, 1.54) is 5.56 Å². The number of ether oxygens (including phenoxy) is 1. The Kier molecular flexibility index (Phi) is 1.77. The van der Waals surface area contributed by atoms with Gasteiger partial charge >= 0.3 is 0 Å². The summed E-state index contributed by atoms with van der Waals surface area (Å²) < 4.78 is 5.49. The van der Waals surface area contributed by atoms with Crippen molar-refractivity contribution in [2.45, 2.75) is 19.4 Å². The van der Waals surface area contributed by atoms with Crippen molar-refractivity contribution < 1.29 is 4.74 Å². The van der Waals surface area contributed by atoms with E-state index >= 15 is 0 Å². The van der Waals surface area contributed by atoms with Crippen LogP contribution in [-0.4, -0.2) is 6.61 Å². The first kappa shape index (κ1) is 7.62. The molecule has 0 amide bonds. The average molecular weight is 163 g/mol. The molecule has 0 spiro atoms. The summed E-state index contributed by atoms with van der Waals surface area (Å²) in [6.45, 7) is 2.81. The number of hydrogen-bond donors (Lipinski definition) is 1. The molecule has 0 fully saturated rings. The highest BCUT2D eigenvalue weighted by Crippen LogP contribution is 2.30. The number of hydrogen-bond acceptors (Lipinski definition) is 2. The Hall–Kier alpha value is -1.02. The van der Waals surface area contributed by atoms with Gasteiger partial charge in [-0.25, -0.2) is 0 Å². The molecule has 0 saturated carbocycles. The fourth-order valence-corrected chi connectivity index (χ4v) is 1.52. The van der Waals surface area contributed by atoms with Crippen molar-refractivity contribution in [2.75, 3.05) is 6.61 Å². The molecule has 1 aliphatic heterocycles. The maximum atomic E-state index is 5.92. The third-order valence-electron chi connectivity index (χ3n) is 2.25. The predicted molar refractivity (Wildman–Crippen MR) is 48.2 cm³/mol. The van der Waals surface area contributed by atoms with E-state index in [-0.39, 0.29) is 6.04 Å². The van der Waals surface area contributed by atoms with Crippen molar-refractivity contribution in [2.24, 2.45) is 5.73 Å². The van der Waals surface area contributed by atoms with Gasteiger partial charge in [-0.3, -0.25) is 0 Å². The highest BCUT2D eigenvalue weighted by atomic mass is 16.5. The second-order valence-electron chi connectivity index (χ2n) is 3.28. The second-order valence-corrected chi connectivity index (χ2v) is 3.28. The molecule has 0 bridgehead atoms. The third kappa shape index (κ3) is 1.18. The van der Waals surface area contributed by atoms with Gasteiger partial charge in [-0.05, 0) is 18.6 Å². The van der Waals surface area contributed by atoms with Gasteiger partial charge in [-0.2, -0.15) is 0 Å². The number of rotatable bonds is 0. The molecule has 1 aromatic carbocycles. The predicted octanol–water partition coefficient (Wildman–Crippen LogP) is 1.78. The third-order valence-corrected chi connectivity index (χ3v) is 2.25. The molecule has 2 heteroatoms. The zero-order valence-corrected chi connectivity index (χ0v) is 7.21. The van der Waals surface area contributed by atoms with Crippen LogP contribution in [0.1, 0.15) is 23.6 Å².